The molecule has 0 saturated carbocycles. The van der Waals surface area contributed by atoms with Crippen LogP contribution in [0.3, 0.4) is 0 Å². The monoisotopic (exact) mass is 347 g/mol. The van der Waals surface area contributed by atoms with Crippen molar-refractivity contribution < 1.29 is 14.4 Å². The Morgan fingerprint density at radius 2 is 1.75 bits per heavy atom. The molecule has 1 heterocycles. The predicted octanol–water partition coefficient (Wildman–Crippen LogP) is 3.69. The molecule has 0 radical (unpaired) electrons. The highest BCUT2D eigenvalue weighted by molar-refractivity contribution is 6.47. The number of rotatable bonds is 7. The van der Waals surface area contributed by atoms with Crippen LogP contribution in [0.4, 0.5) is 0 Å². The minimum atomic E-state index is 0.409. The Hall–Kier alpha value is -2.60. The number of hydrogen-bond donors (Lipinski definition) is 0. The maximum absolute atomic E-state index is 5.76. The number of aromatic nitrogens is 1. The summed E-state index contributed by atoms with van der Waals surface area (Å²) in [7, 11) is 2.97. The molecule has 126 valence electrons. The second-order valence-electron chi connectivity index (χ2n) is 4.78. The van der Waals surface area contributed by atoms with Crippen molar-refractivity contribution in [1.82, 2.24) is 4.98 Å². The number of benzene rings is 1. The molecule has 7 heteroatoms. The van der Waals surface area contributed by atoms with E-state index >= 15 is 0 Å². The van der Waals surface area contributed by atoms with Crippen molar-refractivity contribution >= 4 is 23.0 Å². The van der Waals surface area contributed by atoms with Crippen LogP contribution in [0.15, 0.2) is 52.9 Å². The zero-order valence-electron chi connectivity index (χ0n) is 13.7. The summed E-state index contributed by atoms with van der Waals surface area (Å²) in [5, 5.41) is 8.33. The summed E-state index contributed by atoms with van der Waals surface area (Å²) >= 11 is 5.76. The first-order valence-electron chi connectivity index (χ1n) is 7.17. The van der Waals surface area contributed by atoms with Gasteiger partial charge in [-0.3, -0.25) is 0 Å². The third-order valence-electron chi connectivity index (χ3n) is 3.08. The van der Waals surface area contributed by atoms with E-state index in [4.69, 9.17) is 26.0 Å². The lowest BCUT2D eigenvalue weighted by atomic mass is 10.1. The summed E-state index contributed by atoms with van der Waals surface area (Å²) in [4.78, 5) is 13.7. The zero-order chi connectivity index (χ0) is 17.4. The number of pyridine rings is 1. The predicted molar refractivity (Wildman–Crippen MR) is 93.7 cm³/mol. The lowest BCUT2D eigenvalue weighted by Gasteiger charge is -2.08. The average Bonchev–Trinajstić information content (AvgIpc) is 2.60. The summed E-state index contributed by atoms with van der Waals surface area (Å²) in [6.07, 6.45) is 1.69. The Bertz CT molecular complexity index is 713. The van der Waals surface area contributed by atoms with E-state index < -0.39 is 0 Å². The normalized spacial score (nSPS) is 12.0. The summed E-state index contributed by atoms with van der Waals surface area (Å²) in [6.45, 7) is 2.20. The van der Waals surface area contributed by atoms with Gasteiger partial charge in [0.2, 0.25) is 0 Å². The van der Waals surface area contributed by atoms with Crippen molar-refractivity contribution in [3.05, 3.63) is 58.9 Å². The highest BCUT2D eigenvalue weighted by Gasteiger charge is 2.10. The first-order chi connectivity index (χ1) is 11.6. The van der Waals surface area contributed by atoms with Gasteiger partial charge in [-0.1, -0.05) is 28.0 Å². The van der Waals surface area contributed by atoms with Crippen LogP contribution in [0, 0.1) is 0 Å². The van der Waals surface area contributed by atoms with Crippen LogP contribution in [0.1, 0.15) is 18.1 Å². The van der Waals surface area contributed by atoms with E-state index in [1.807, 2.05) is 30.3 Å². The van der Waals surface area contributed by atoms with Gasteiger partial charge < -0.3 is 14.4 Å². The first kappa shape index (κ1) is 17.7. The Morgan fingerprint density at radius 1 is 1.04 bits per heavy atom. The van der Waals surface area contributed by atoms with Crippen LogP contribution in [0.2, 0.25) is 5.15 Å². The van der Waals surface area contributed by atoms with E-state index in [1.165, 1.54) is 14.2 Å². The second-order valence-corrected chi connectivity index (χ2v) is 5.17. The fraction of sp³-hybridized carbons (Fsp3) is 0.235. The minimum absolute atomic E-state index is 0.409. The molecule has 6 nitrogen and oxygen atoms in total. The van der Waals surface area contributed by atoms with Gasteiger partial charge in [-0.05, 0) is 37.3 Å². The van der Waals surface area contributed by atoms with E-state index in [-0.39, 0.29) is 0 Å². The molecule has 1 aromatic carbocycles. The molecule has 0 aliphatic carbocycles. The molecule has 0 aliphatic rings. The quantitative estimate of drug-likeness (QED) is 0.435. The first-order valence-corrected chi connectivity index (χ1v) is 7.54. The topological polar surface area (TPSA) is 65.3 Å². The number of ether oxygens (including phenoxy) is 1. The van der Waals surface area contributed by atoms with Gasteiger partial charge in [0.15, 0.2) is 0 Å². The fourth-order valence-electron chi connectivity index (χ4n) is 1.97. The molecule has 0 N–H and O–H groups in total. The number of oxime groups is 2. The second kappa shape index (κ2) is 8.88. The summed E-state index contributed by atoms with van der Waals surface area (Å²) in [5.74, 6) is 0.729. The van der Waals surface area contributed by atoms with Gasteiger partial charge in [-0.25, -0.2) is 4.98 Å². The van der Waals surface area contributed by atoms with E-state index in [1.54, 1.807) is 19.2 Å². The lowest BCUT2D eigenvalue weighted by Crippen LogP contribution is -2.13. The molecule has 0 saturated heterocycles. The van der Waals surface area contributed by atoms with Crippen LogP contribution < -0.4 is 4.74 Å². The lowest BCUT2D eigenvalue weighted by molar-refractivity contribution is 0.210. The van der Waals surface area contributed by atoms with Gasteiger partial charge in [0.05, 0.1) is 0 Å². The maximum atomic E-state index is 5.76. The van der Waals surface area contributed by atoms with E-state index in [2.05, 4.69) is 15.3 Å². The molecule has 0 fully saturated rings. The molecule has 2 aromatic rings. The van der Waals surface area contributed by atoms with Crippen LogP contribution in [-0.2, 0) is 16.3 Å². The van der Waals surface area contributed by atoms with Gasteiger partial charge in [0.1, 0.15) is 43.2 Å². The molecule has 0 aliphatic heterocycles. The summed E-state index contributed by atoms with van der Waals surface area (Å²) < 4.78 is 5.73. The molecule has 0 amide bonds. The van der Waals surface area contributed by atoms with Crippen LogP contribution >= 0.6 is 11.6 Å². The standard InChI is InChI=1S/C17H18ClN3O3/c1-12(20-22-2)17(21-23-3)14-5-7-15(8-6-14)24-11-13-4-9-16(18)19-10-13/h4-10H,11H2,1-3H3/b20-12+,21-17-. The van der Waals surface area contributed by atoms with Gasteiger partial charge in [-0.2, -0.15) is 0 Å². The number of halogens is 1. The van der Waals surface area contributed by atoms with Gasteiger partial charge in [0, 0.05) is 17.3 Å². The van der Waals surface area contributed by atoms with Crippen LogP contribution in [0.25, 0.3) is 0 Å². The minimum Gasteiger partial charge on any atom is -0.489 e. The molecular formula is C17H18ClN3O3. The van der Waals surface area contributed by atoms with Gasteiger partial charge in [0.25, 0.3) is 0 Å². The molecule has 0 atom stereocenters. The van der Waals surface area contributed by atoms with Crippen molar-refractivity contribution in [2.75, 3.05) is 14.2 Å². The van der Waals surface area contributed by atoms with Crippen LogP contribution in [-0.4, -0.2) is 30.6 Å². The molecule has 0 unspecified atom stereocenters. The molecule has 1 aromatic heterocycles. The number of hydrogen-bond acceptors (Lipinski definition) is 6. The molecule has 24 heavy (non-hydrogen) atoms. The van der Waals surface area contributed by atoms with Crippen LogP contribution in [0.5, 0.6) is 5.75 Å². The Balaban J connectivity index is 2.07. The van der Waals surface area contributed by atoms with Crippen molar-refractivity contribution in [1.29, 1.82) is 0 Å². The summed E-state index contributed by atoms with van der Waals surface area (Å²) in [6, 6.07) is 11.1. The third kappa shape index (κ3) is 4.96. The van der Waals surface area contributed by atoms with E-state index in [9.17, 15) is 0 Å². The Kier molecular flexibility index (Phi) is 6.57. The zero-order valence-corrected chi connectivity index (χ0v) is 14.4. The smallest absolute Gasteiger partial charge is 0.134 e. The van der Waals surface area contributed by atoms with Gasteiger partial charge >= 0.3 is 0 Å². The Morgan fingerprint density at radius 3 is 2.33 bits per heavy atom. The molecule has 0 bridgehead atoms. The molecule has 2 rings (SSSR count). The Labute approximate surface area is 145 Å². The highest BCUT2D eigenvalue weighted by Crippen LogP contribution is 2.16. The van der Waals surface area contributed by atoms with Crippen molar-refractivity contribution in [2.24, 2.45) is 10.3 Å². The molecular weight excluding hydrogens is 330 g/mol. The average molecular weight is 348 g/mol. The SMILES string of the molecule is CO/N=C(C)/C(=N/OC)c1ccc(OCc2ccc(Cl)nc2)cc1. The largest absolute Gasteiger partial charge is 0.489 e. The highest BCUT2D eigenvalue weighted by atomic mass is 35.5. The fourth-order valence-corrected chi connectivity index (χ4v) is 2.08. The molecule has 0 spiro atoms. The van der Waals surface area contributed by atoms with E-state index in [0.717, 1.165) is 16.9 Å². The van der Waals surface area contributed by atoms with Crippen molar-refractivity contribution in [2.45, 2.75) is 13.5 Å². The maximum Gasteiger partial charge on any atom is 0.134 e. The third-order valence-corrected chi connectivity index (χ3v) is 3.30. The van der Waals surface area contributed by atoms with Gasteiger partial charge in [-0.15, -0.1) is 0 Å². The van der Waals surface area contributed by atoms with Crippen molar-refractivity contribution in [3.63, 3.8) is 0 Å². The van der Waals surface area contributed by atoms with E-state index in [0.29, 0.717) is 23.2 Å². The summed E-state index contributed by atoms with van der Waals surface area (Å²) in [5.41, 5.74) is 2.98. The van der Waals surface area contributed by atoms with Crippen molar-refractivity contribution in [3.8, 4) is 5.75 Å². The number of nitrogens with zero attached hydrogens (tertiary/aromatic N) is 3.